The molecule has 0 N–H and O–H groups in total. The Balaban J connectivity index is 1.71. The van der Waals surface area contributed by atoms with E-state index in [0.29, 0.717) is 26.2 Å². The molecule has 0 saturated heterocycles. The maximum atomic E-state index is 13.5. The van der Waals surface area contributed by atoms with Crippen molar-refractivity contribution in [2.75, 3.05) is 33.4 Å². The summed E-state index contributed by atoms with van der Waals surface area (Å²) in [6, 6.07) is 12.7. The summed E-state index contributed by atoms with van der Waals surface area (Å²) in [6.45, 7) is 7.29. The third-order valence-electron chi connectivity index (χ3n) is 6.75. The summed E-state index contributed by atoms with van der Waals surface area (Å²) in [7, 11) is 1.63. The normalized spacial score (nSPS) is 13.9. The van der Waals surface area contributed by atoms with E-state index in [-0.39, 0.29) is 24.3 Å². The Morgan fingerprint density at radius 1 is 1.09 bits per heavy atom. The topological polar surface area (TPSA) is 54.8 Å². The molecule has 1 saturated carbocycles. The number of hydrogen-bond donors (Lipinski definition) is 0. The second kappa shape index (κ2) is 13.3. The average molecular weight is 468 g/mol. The molecule has 1 aromatic carbocycles. The van der Waals surface area contributed by atoms with Gasteiger partial charge in [0.05, 0.1) is 19.7 Å². The zero-order valence-electron chi connectivity index (χ0n) is 21.2. The van der Waals surface area contributed by atoms with Crippen molar-refractivity contribution in [3.8, 4) is 0 Å². The van der Waals surface area contributed by atoms with Crippen LogP contribution >= 0.6 is 0 Å². The Morgan fingerprint density at radius 2 is 1.88 bits per heavy atom. The first kappa shape index (κ1) is 26.0. The molecule has 0 unspecified atom stereocenters. The lowest BCUT2D eigenvalue weighted by Crippen LogP contribution is -2.46. The molecule has 34 heavy (non-hydrogen) atoms. The van der Waals surface area contributed by atoms with E-state index in [4.69, 9.17) is 4.74 Å². The molecule has 6 heteroatoms. The van der Waals surface area contributed by atoms with E-state index in [1.807, 2.05) is 11.0 Å². The molecule has 0 bridgehead atoms. The van der Waals surface area contributed by atoms with Crippen molar-refractivity contribution in [3.63, 3.8) is 0 Å². The molecule has 0 radical (unpaired) electrons. The smallest absolute Gasteiger partial charge is 0.242 e. The van der Waals surface area contributed by atoms with Crippen LogP contribution in [0.3, 0.4) is 0 Å². The van der Waals surface area contributed by atoms with Crippen LogP contribution < -0.4 is 0 Å². The van der Waals surface area contributed by atoms with E-state index in [1.54, 1.807) is 12.0 Å². The van der Waals surface area contributed by atoms with Gasteiger partial charge in [0.2, 0.25) is 11.8 Å². The Kier molecular flexibility index (Phi) is 10.2. The zero-order chi connectivity index (χ0) is 24.3. The number of amides is 2. The monoisotopic (exact) mass is 467 g/mol. The van der Waals surface area contributed by atoms with Crippen LogP contribution in [-0.2, 0) is 27.4 Å². The van der Waals surface area contributed by atoms with Crippen molar-refractivity contribution in [2.24, 2.45) is 5.92 Å². The summed E-state index contributed by atoms with van der Waals surface area (Å²) in [5.41, 5.74) is 3.60. The molecule has 0 aliphatic heterocycles. The maximum absolute atomic E-state index is 13.5. The van der Waals surface area contributed by atoms with Crippen LogP contribution in [0.5, 0.6) is 0 Å². The molecule has 6 nitrogen and oxygen atoms in total. The van der Waals surface area contributed by atoms with Crippen LogP contribution in [0.15, 0.2) is 42.6 Å². The second-order valence-corrected chi connectivity index (χ2v) is 9.52. The second-order valence-electron chi connectivity index (χ2n) is 9.52. The first-order chi connectivity index (χ1) is 16.5. The molecular weight excluding hydrogens is 426 g/mol. The SMILES string of the molecule is CCCCN(Cc1cccn1Cc1cccc(C)c1)C(=O)CN(CCOC)C(=O)C1CCCC1. The zero-order valence-corrected chi connectivity index (χ0v) is 21.2. The molecule has 1 aliphatic rings. The quantitative estimate of drug-likeness (QED) is 0.431. The number of unbranched alkanes of at least 4 members (excludes halogenated alkanes) is 1. The lowest BCUT2D eigenvalue weighted by Gasteiger charge is -2.29. The molecule has 3 rings (SSSR count). The molecule has 0 atom stereocenters. The van der Waals surface area contributed by atoms with Gasteiger partial charge in [-0.05, 0) is 43.9 Å². The first-order valence-electron chi connectivity index (χ1n) is 12.8. The highest BCUT2D eigenvalue weighted by Gasteiger charge is 2.29. The van der Waals surface area contributed by atoms with Crippen molar-refractivity contribution < 1.29 is 14.3 Å². The highest BCUT2D eigenvalue weighted by molar-refractivity contribution is 5.86. The van der Waals surface area contributed by atoms with Gasteiger partial charge in [0.25, 0.3) is 0 Å². The Labute approximate surface area is 204 Å². The van der Waals surface area contributed by atoms with E-state index < -0.39 is 0 Å². The van der Waals surface area contributed by atoms with Gasteiger partial charge in [-0.3, -0.25) is 9.59 Å². The predicted octanol–water partition coefficient (Wildman–Crippen LogP) is 4.64. The minimum atomic E-state index is 0.0132. The van der Waals surface area contributed by atoms with Gasteiger partial charge in [-0.1, -0.05) is 56.0 Å². The molecule has 2 amide bonds. The summed E-state index contributed by atoms with van der Waals surface area (Å²) in [5, 5.41) is 0. The summed E-state index contributed by atoms with van der Waals surface area (Å²) in [5.74, 6) is 0.181. The molecule has 1 heterocycles. The van der Waals surface area contributed by atoms with Crippen molar-refractivity contribution in [3.05, 3.63) is 59.4 Å². The van der Waals surface area contributed by atoms with E-state index in [0.717, 1.165) is 50.8 Å². The number of rotatable bonds is 13. The number of aryl methyl sites for hydroxylation is 1. The molecule has 1 aromatic heterocycles. The van der Waals surface area contributed by atoms with E-state index in [2.05, 4.69) is 54.9 Å². The minimum absolute atomic E-state index is 0.0132. The third-order valence-corrected chi connectivity index (χ3v) is 6.75. The fraction of sp³-hybridized carbons (Fsp3) is 0.571. The number of nitrogens with zero attached hydrogens (tertiary/aromatic N) is 3. The van der Waals surface area contributed by atoms with Crippen LogP contribution in [0.1, 0.15) is 62.3 Å². The molecular formula is C28H41N3O3. The standard InChI is InChI=1S/C28H41N3O3/c1-4-5-15-30(21-26-14-9-16-29(26)20-24-11-8-10-23(2)19-24)27(32)22-31(17-18-34-3)28(33)25-12-6-7-13-25/h8-11,14,16,19,25H,4-7,12-13,15,17-18,20-22H2,1-3H3. The lowest BCUT2D eigenvalue weighted by molar-refractivity contribution is -0.143. The van der Waals surface area contributed by atoms with Gasteiger partial charge in [0.1, 0.15) is 0 Å². The minimum Gasteiger partial charge on any atom is -0.383 e. The number of methoxy groups -OCH3 is 1. The van der Waals surface area contributed by atoms with Crippen LogP contribution in [0.4, 0.5) is 0 Å². The van der Waals surface area contributed by atoms with E-state index in [1.165, 1.54) is 11.1 Å². The van der Waals surface area contributed by atoms with Crippen LogP contribution in [0.2, 0.25) is 0 Å². The maximum Gasteiger partial charge on any atom is 0.242 e. The number of aromatic nitrogens is 1. The van der Waals surface area contributed by atoms with Crippen LogP contribution in [0.25, 0.3) is 0 Å². The molecule has 0 spiro atoms. The number of hydrogen-bond acceptors (Lipinski definition) is 3. The summed E-state index contributed by atoms with van der Waals surface area (Å²) in [4.78, 5) is 30.2. The highest BCUT2D eigenvalue weighted by Crippen LogP contribution is 2.26. The van der Waals surface area contributed by atoms with Gasteiger partial charge in [-0.15, -0.1) is 0 Å². The molecule has 1 fully saturated rings. The van der Waals surface area contributed by atoms with Crippen molar-refractivity contribution in [1.29, 1.82) is 0 Å². The van der Waals surface area contributed by atoms with Crippen molar-refractivity contribution >= 4 is 11.8 Å². The summed E-state index contributed by atoms with van der Waals surface area (Å²) in [6.07, 6.45) is 8.10. The van der Waals surface area contributed by atoms with Crippen molar-refractivity contribution in [1.82, 2.24) is 14.4 Å². The predicted molar refractivity (Wildman–Crippen MR) is 135 cm³/mol. The summed E-state index contributed by atoms with van der Waals surface area (Å²) < 4.78 is 7.45. The Morgan fingerprint density at radius 3 is 2.59 bits per heavy atom. The average Bonchev–Trinajstić information content (AvgIpc) is 3.51. The van der Waals surface area contributed by atoms with Crippen molar-refractivity contribution in [2.45, 2.75) is 65.5 Å². The van der Waals surface area contributed by atoms with E-state index >= 15 is 0 Å². The van der Waals surface area contributed by atoms with E-state index in [9.17, 15) is 9.59 Å². The lowest BCUT2D eigenvalue weighted by atomic mass is 10.1. The fourth-order valence-corrected chi connectivity index (χ4v) is 4.75. The van der Waals surface area contributed by atoms with Crippen LogP contribution in [0, 0.1) is 12.8 Å². The number of benzene rings is 1. The summed E-state index contributed by atoms with van der Waals surface area (Å²) >= 11 is 0. The Bertz CT molecular complexity index is 917. The fourth-order valence-electron chi connectivity index (χ4n) is 4.75. The largest absolute Gasteiger partial charge is 0.383 e. The van der Waals surface area contributed by atoms with Gasteiger partial charge >= 0.3 is 0 Å². The number of carbonyl (C=O) groups is 2. The van der Waals surface area contributed by atoms with Crippen LogP contribution in [-0.4, -0.2) is 59.5 Å². The highest BCUT2D eigenvalue weighted by atomic mass is 16.5. The number of ether oxygens (including phenoxy) is 1. The Hall–Kier alpha value is -2.60. The first-order valence-corrected chi connectivity index (χ1v) is 12.8. The number of carbonyl (C=O) groups excluding carboxylic acids is 2. The van der Waals surface area contributed by atoms with Gasteiger partial charge in [-0.2, -0.15) is 0 Å². The molecule has 186 valence electrons. The molecule has 1 aliphatic carbocycles. The molecule has 2 aromatic rings. The van der Waals surface area contributed by atoms with Gasteiger partial charge < -0.3 is 19.1 Å². The van der Waals surface area contributed by atoms with Gasteiger partial charge in [0, 0.05) is 44.6 Å². The van der Waals surface area contributed by atoms with Gasteiger partial charge in [-0.25, -0.2) is 0 Å². The third kappa shape index (κ3) is 7.45. The van der Waals surface area contributed by atoms with Gasteiger partial charge in [0.15, 0.2) is 0 Å².